The second-order valence-corrected chi connectivity index (χ2v) is 13.8. The minimum Gasteiger partial charge on any atom is -0.414 e. The van der Waals surface area contributed by atoms with Crippen LogP contribution in [0.25, 0.3) is 0 Å². The van der Waals surface area contributed by atoms with E-state index < -0.39 is 8.32 Å². The molecule has 164 valence electrons. The number of benzene rings is 1. The highest BCUT2D eigenvalue weighted by Crippen LogP contribution is 2.36. The van der Waals surface area contributed by atoms with Crippen molar-refractivity contribution in [2.75, 3.05) is 26.4 Å². The Morgan fingerprint density at radius 3 is 2.45 bits per heavy atom. The van der Waals surface area contributed by atoms with E-state index in [1.807, 2.05) is 19.1 Å². The van der Waals surface area contributed by atoms with Crippen LogP contribution in [0.15, 0.2) is 42.5 Å². The van der Waals surface area contributed by atoms with E-state index >= 15 is 0 Å². The largest absolute Gasteiger partial charge is 0.414 e. The number of nitrogens with one attached hydrogen (secondary N) is 1. The molecular weight excluding hydrogens is 382 g/mol. The Bertz CT molecular complexity index is 615. The molecular formula is C23H39NO4Si. The van der Waals surface area contributed by atoms with Crippen molar-refractivity contribution in [2.45, 2.75) is 70.8 Å². The molecule has 0 spiro atoms. The van der Waals surface area contributed by atoms with E-state index in [2.05, 4.69) is 69.5 Å². The van der Waals surface area contributed by atoms with Gasteiger partial charge in [0.25, 0.3) is 0 Å². The van der Waals surface area contributed by atoms with Gasteiger partial charge in [-0.2, -0.15) is 0 Å². The molecule has 1 aliphatic rings. The average Bonchev–Trinajstić information content (AvgIpc) is 2.69. The second kappa shape index (κ2) is 11.4. The molecule has 29 heavy (non-hydrogen) atoms. The average molecular weight is 422 g/mol. The summed E-state index contributed by atoms with van der Waals surface area (Å²) in [6.07, 6.45) is 3.67. The third-order valence-corrected chi connectivity index (χ3v) is 10.2. The molecule has 1 N–H and O–H groups in total. The van der Waals surface area contributed by atoms with E-state index in [1.165, 1.54) is 5.56 Å². The Labute approximate surface area is 177 Å². The fourth-order valence-corrected chi connectivity index (χ4v) is 3.79. The minimum absolute atomic E-state index is 0.0757. The summed E-state index contributed by atoms with van der Waals surface area (Å²) in [6, 6.07) is 10.5. The lowest BCUT2D eigenvalue weighted by atomic mass is 10.1. The molecule has 0 aliphatic carbocycles. The van der Waals surface area contributed by atoms with Gasteiger partial charge in [-0.3, -0.25) is 0 Å². The standard InChI is InChI=1S/C23H39NO4Si/c1-7-25-15-16-26-22-14-13-20(24-17-19-11-9-8-10-12-19)21(28-22)18-27-29(5,6)23(2,3)4/h8-14,20-22,24H,7,15-18H2,1-6H3/t20-,21+,22?/m0/s1. The predicted molar refractivity (Wildman–Crippen MR) is 120 cm³/mol. The Kier molecular flexibility index (Phi) is 9.52. The summed E-state index contributed by atoms with van der Waals surface area (Å²) in [4.78, 5) is 0. The monoisotopic (exact) mass is 421 g/mol. The third kappa shape index (κ3) is 7.96. The molecule has 0 aromatic heterocycles. The summed E-state index contributed by atoms with van der Waals surface area (Å²) >= 11 is 0. The molecule has 0 fully saturated rings. The number of hydrogen-bond acceptors (Lipinski definition) is 5. The van der Waals surface area contributed by atoms with Gasteiger partial charge in [0.15, 0.2) is 14.6 Å². The van der Waals surface area contributed by atoms with Gasteiger partial charge in [-0.1, -0.05) is 57.2 Å². The minimum atomic E-state index is -1.86. The fraction of sp³-hybridized carbons (Fsp3) is 0.652. The molecule has 1 aliphatic heterocycles. The third-order valence-electron chi connectivity index (χ3n) is 5.70. The van der Waals surface area contributed by atoms with Crippen LogP contribution in [-0.2, 0) is 25.2 Å². The quantitative estimate of drug-likeness (QED) is 0.324. The van der Waals surface area contributed by atoms with Gasteiger partial charge in [0, 0.05) is 13.2 Å². The lowest BCUT2D eigenvalue weighted by Crippen LogP contribution is -2.50. The topological polar surface area (TPSA) is 49.0 Å². The van der Waals surface area contributed by atoms with Gasteiger partial charge in [0.05, 0.1) is 25.9 Å². The Hall–Kier alpha value is -1.02. The van der Waals surface area contributed by atoms with Crippen molar-refractivity contribution in [3.05, 3.63) is 48.0 Å². The first-order chi connectivity index (χ1) is 13.7. The molecule has 0 bridgehead atoms. The van der Waals surface area contributed by atoms with Gasteiger partial charge < -0.3 is 24.0 Å². The van der Waals surface area contributed by atoms with Crippen LogP contribution < -0.4 is 5.32 Å². The van der Waals surface area contributed by atoms with Crippen molar-refractivity contribution >= 4 is 8.32 Å². The first-order valence-electron chi connectivity index (χ1n) is 10.7. The number of hydrogen-bond donors (Lipinski definition) is 1. The molecule has 6 heteroatoms. The molecule has 0 saturated heterocycles. The number of ether oxygens (including phenoxy) is 3. The van der Waals surface area contributed by atoms with Crippen molar-refractivity contribution in [2.24, 2.45) is 0 Å². The van der Waals surface area contributed by atoms with Gasteiger partial charge in [-0.25, -0.2) is 0 Å². The van der Waals surface area contributed by atoms with E-state index in [4.69, 9.17) is 18.6 Å². The summed E-state index contributed by atoms with van der Waals surface area (Å²) in [5, 5.41) is 3.77. The molecule has 0 amide bonds. The molecule has 1 aromatic rings. The predicted octanol–water partition coefficient (Wildman–Crippen LogP) is 4.50. The molecule has 0 radical (unpaired) electrons. The summed E-state index contributed by atoms with van der Waals surface area (Å²) in [5.74, 6) is 0. The normalized spacial score (nSPS) is 22.8. The number of rotatable bonds is 11. The molecule has 1 heterocycles. The Balaban J connectivity index is 1.98. The van der Waals surface area contributed by atoms with Gasteiger partial charge in [0.1, 0.15) is 6.10 Å². The molecule has 2 rings (SSSR count). The first kappa shape index (κ1) is 24.2. The van der Waals surface area contributed by atoms with Crippen LogP contribution in [0.4, 0.5) is 0 Å². The lowest BCUT2D eigenvalue weighted by molar-refractivity contribution is -0.167. The van der Waals surface area contributed by atoms with Crippen molar-refractivity contribution in [1.82, 2.24) is 5.32 Å². The smallest absolute Gasteiger partial charge is 0.192 e. The highest BCUT2D eigenvalue weighted by atomic mass is 28.4. The van der Waals surface area contributed by atoms with E-state index in [-0.39, 0.29) is 23.5 Å². The van der Waals surface area contributed by atoms with Crippen molar-refractivity contribution in [1.29, 1.82) is 0 Å². The van der Waals surface area contributed by atoms with Crippen molar-refractivity contribution in [3.63, 3.8) is 0 Å². The van der Waals surface area contributed by atoms with Gasteiger partial charge in [-0.05, 0) is 36.7 Å². The summed E-state index contributed by atoms with van der Waals surface area (Å²) in [6.45, 7) is 16.4. The maximum atomic E-state index is 6.47. The van der Waals surface area contributed by atoms with Gasteiger partial charge in [-0.15, -0.1) is 0 Å². The zero-order chi connectivity index (χ0) is 21.3. The highest BCUT2D eigenvalue weighted by molar-refractivity contribution is 6.74. The van der Waals surface area contributed by atoms with Gasteiger partial charge in [0.2, 0.25) is 0 Å². The van der Waals surface area contributed by atoms with Crippen LogP contribution in [0, 0.1) is 0 Å². The molecule has 3 atom stereocenters. The molecule has 5 nitrogen and oxygen atoms in total. The summed E-state index contributed by atoms with van der Waals surface area (Å²) in [7, 11) is -1.86. The summed E-state index contributed by atoms with van der Waals surface area (Å²) < 4.78 is 23.9. The van der Waals surface area contributed by atoms with E-state index in [0.717, 1.165) is 6.54 Å². The van der Waals surface area contributed by atoms with E-state index in [0.29, 0.717) is 26.4 Å². The van der Waals surface area contributed by atoms with E-state index in [9.17, 15) is 0 Å². The van der Waals surface area contributed by atoms with Gasteiger partial charge >= 0.3 is 0 Å². The highest BCUT2D eigenvalue weighted by Gasteiger charge is 2.39. The SMILES string of the molecule is CCOCCOC1C=C[C@H](NCc2ccccc2)[C@@H](CO[Si](C)(C)C(C)(C)C)O1. The summed E-state index contributed by atoms with van der Waals surface area (Å²) in [5.41, 5.74) is 1.25. The Morgan fingerprint density at radius 2 is 1.79 bits per heavy atom. The van der Waals surface area contributed by atoms with Crippen LogP contribution in [0.2, 0.25) is 18.1 Å². The van der Waals surface area contributed by atoms with Crippen molar-refractivity contribution in [3.8, 4) is 0 Å². The fourth-order valence-electron chi connectivity index (χ4n) is 2.78. The molecule has 0 saturated carbocycles. The molecule has 1 aromatic carbocycles. The first-order valence-corrected chi connectivity index (χ1v) is 13.6. The maximum Gasteiger partial charge on any atom is 0.192 e. The maximum absolute atomic E-state index is 6.47. The lowest BCUT2D eigenvalue weighted by Gasteiger charge is -2.39. The van der Waals surface area contributed by atoms with Crippen LogP contribution in [-0.4, -0.2) is 53.2 Å². The van der Waals surface area contributed by atoms with Crippen LogP contribution in [0.3, 0.4) is 0 Å². The Morgan fingerprint density at radius 1 is 1.07 bits per heavy atom. The van der Waals surface area contributed by atoms with Crippen molar-refractivity contribution < 1.29 is 18.6 Å². The zero-order valence-corrected chi connectivity index (χ0v) is 19.9. The van der Waals surface area contributed by atoms with Crippen LogP contribution >= 0.6 is 0 Å². The van der Waals surface area contributed by atoms with Crippen LogP contribution in [0.5, 0.6) is 0 Å². The zero-order valence-electron chi connectivity index (χ0n) is 18.9. The van der Waals surface area contributed by atoms with E-state index in [1.54, 1.807) is 0 Å². The molecule has 1 unspecified atom stereocenters. The second-order valence-electron chi connectivity index (χ2n) is 8.96. The van der Waals surface area contributed by atoms with Crippen LogP contribution in [0.1, 0.15) is 33.3 Å².